The number of H-pyrrole nitrogens is 1. The van der Waals surface area contributed by atoms with Crippen LogP contribution >= 0.6 is 0 Å². The summed E-state index contributed by atoms with van der Waals surface area (Å²) in [5.41, 5.74) is 7.42. The van der Waals surface area contributed by atoms with E-state index in [1.54, 1.807) is 25.1 Å². The van der Waals surface area contributed by atoms with Crippen LogP contribution in [0.1, 0.15) is 12.5 Å². The van der Waals surface area contributed by atoms with Gasteiger partial charge in [-0.05, 0) is 17.7 Å². The van der Waals surface area contributed by atoms with Crippen LogP contribution in [-0.4, -0.2) is 17.4 Å². The van der Waals surface area contributed by atoms with Crippen LogP contribution in [0, 0.1) is 5.92 Å². The Morgan fingerprint density at radius 2 is 2.33 bits per heavy atom. The first-order valence-corrected chi connectivity index (χ1v) is 5.69. The van der Waals surface area contributed by atoms with Crippen molar-refractivity contribution in [2.45, 2.75) is 13.5 Å². The number of hydrogen-bond donors (Lipinski definition) is 3. The number of hydrogen-bond acceptors (Lipinski definition) is 4. The summed E-state index contributed by atoms with van der Waals surface area (Å²) in [6.45, 7) is 2.48. The molecule has 96 valence electrons. The Balaban J connectivity index is 2.08. The first kappa shape index (κ1) is 12.4. The molecule has 6 heteroatoms. The highest BCUT2D eigenvalue weighted by Crippen LogP contribution is 2.12. The van der Waals surface area contributed by atoms with Crippen LogP contribution in [0.4, 0.5) is 0 Å². The quantitative estimate of drug-likeness (QED) is 0.726. The average molecular weight is 249 g/mol. The number of rotatable bonds is 4. The topological polar surface area (TPSA) is 101 Å². The summed E-state index contributed by atoms with van der Waals surface area (Å²) in [5.74, 6) is -0.774. The van der Waals surface area contributed by atoms with Crippen LogP contribution in [0.15, 0.2) is 27.4 Å². The summed E-state index contributed by atoms with van der Waals surface area (Å²) in [5, 5.41) is 2.78. The van der Waals surface area contributed by atoms with E-state index in [2.05, 4.69) is 10.3 Å². The van der Waals surface area contributed by atoms with Gasteiger partial charge in [-0.15, -0.1) is 0 Å². The van der Waals surface area contributed by atoms with Gasteiger partial charge < -0.3 is 15.5 Å². The van der Waals surface area contributed by atoms with Gasteiger partial charge in [0.1, 0.15) is 0 Å². The average Bonchev–Trinajstić information content (AvgIpc) is 2.74. The van der Waals surface area contributed by atoms with Crippen LogP contribution in [0.2, 0.25) is 0 Å². The fourth-order valence-electron chi connectivity index (χ4n) is 1.58. The van der Waals surface area contributed by atoms with E-state index in [1.165, 1.54) is 0 Å². The molecule has 0 aliphatic carbocycles. The number of nitrogens with one attached hydrogen (secondary N) is 2. The van der Waals surface area contributed by atoms with Gasteiger partial charge in [-0.1, -0.05) is 13.0 Å². The molecule has 2 aromatic rings. The van der Waals surface area contributed by atoms with Crippen LogP contribution in [-0.2, 0) is 11.3 Å². The molecule has 1 amide bonds. The largest absolute Gasteiger partial charge is 0.417 e. The molecule has 2 rings (SSSR count). The number of carbonyl (C=O) groups is 1. The number of fused-ring (bicyclic) bond motifs is 1. The van der Waals surface area contributed by atoms with Gasteiger partial charge in [0.05, 0.1) is 5.52 Å². The lowest BCUT2D eigenvalue weighted by molar-refractivity contribution is -0.124. The highest BCUT2D eigenvalue weighted by molar-refractivity contribution is 5.78. The lowest BCUT2D eigenvalue weighted by Crippen LogP contribution is -2.32. The Bertz CT molecular complexity index is 614. The van der Waals surface area contributed by atoms with Gasteiger partial charge in [-0.25, -0.2) is 4.79 Å². The Labute approximate surface area is 103 Å². The second-order valence-corrected chi connectivity index (χ2v) is 4.20. The molecule has 0 saturated carbocycles. The van der Waals surface area contributed by atoms with Crippen LogP contribution in [0.5, 0.6) is 0 Å². The smallest absolute Gasteiger partial charge is 0.408 e. The Kier molecular flexibility index (Phi) is 3.47. The summed E-state index contributed by atoms with van der Waals surface area (Å²) in [6, 6.07) is 5.27. The van der Waals surface area contributed by atoms with Crippen molar-refractivity contribution in [1.82, 2.24) is 10.3 Å². The van der Waals surface area contributed by atoms with Gasteiger partial charge in [0.15, 0.2) is 5.58 Å². The summed E-state index contributed by atoms with van der Waals surface area (Å²) in [4.78, 5) is 25.1. The minimum Gasteiger partial charge on any atom is -0.408 e. The lowest BCUT2D eigenvalue weighted by Gasteiger charge is -2.09. The minimum absolute atomic E-state index is 0.0849. The number of carbonyl (C=O) groups excluding carboxylic acids is 1. The zero-order valence-corrected chi connectivity index (χ0v) is 10.0. The zero-order chi connectivity index (χ0) is 13.1. The highest BCUT2D eigenvalue weighted by atomic mass is 16.4. The third kappa shape index (κ3) is 2.60. The number of oxazole rings is 1. The predicted octanol–water partition coefficient (Wildman–Crippen LogP) is 0.332. The van der Waals surface area contributed by atoms with Gasteiger partial charge in [0, 0.05) is 19.0 Å². The van der Waals surface area contributed by atoms with E-state index in [0.29, 0.717) is 24.2 Å². The normalized spacial score (nSPS) is 12.6. The van der Waals surface area contributed by atoms with E-state index in [9.17, 15) is 9.59 Å². The van der Waals surface area contributed by atoms with Crippen LogP contribution < -0.4 is 16.8 Å². The van der Waals surface area contributed by atoms with Crippen LogP contribution in [0.25, 0.3) is 11.1 Å². The second kappa shape index (κ2) is 5.05. The van der Waals surface area contributed by atoms with Crippen molar-refractivity contribution in [3.63, 3.8) is 0 Å². The molecule has 0 radical (unpaired) electrons. The van der Waals surface area contributed by atoms with Gasteiger partial charge in [-0.3, -0.25) is 9.78 Å². The van der Waals surface area contributed by atoms with E-state index in [-0.39, 0.29) is 11.8 Å². The third-order valence-electron chi connectivity index (χ3n) is 2.75. The Hall–Kier alpha value is -2.08. The monoisotopic (exact) mass is 249 g/mol. The number of amides is 1. The zero-order valence-electron chi connectivity index (χ0n) is 10.0. The fourth-order valence-corrected chi connectivity index (χ4v) is 1.58. The molecule has 1 aromatic heterocycles. The first-order valence-electron chi connectivity index (χ1n) is 5.69. The van der Waals surface area contributed by atoms with Gasteiger partial charge in [0.2, 0.25) is 5.91 Å². The maximum absolute atomic E-state index is 11.5. The lowest BCUT2D eigenvalue weighted by atomic mass is 10.1. The van der Waals surface area contributed by atoms with Crippen LogP contribution in [0.3, 0.4) is 0 Å². The second-order valence-electron chi connectivity index (χ2n) is 4.20. The molecule has 1 atom stereocenters. The summed E-state index contributed by atoms with van der Waals surface area (Å²) < 4.78 is 4.89. The Morgan fingerprint density at radius 3 is 3.06 bits per heavy atom. The molecular weight excluding hydrogens is 234 g/mol. The SMILES string of the molecule is CC(CN)C(=O)NCc1ccc2oc(=O)[nH]c2c1. The van der Waals surface area contributed by atoms with E-state index < -0.39 is 5.76 Å². The van der Waals surface area contributed by atoms with Gasteiger partial charge >= 0.3 is 5.76 Å². The molecule has 0 bridgehead atoms. The molecule has 18 heavy (non-hydrogen) atoms. The van der Waals surface area contributed by atoms with Crippen molar-refractivity contribution in [2.75, 3.05) is 6.54 Å². The number of aromatic amines is 1. The van der Waals surface area contributed by atoms with Crippen molar-refractivity contribution in [2.24, 2.45) is 11.7 Å². The maximum Gasteiger partial charge on any atom is 0.417 e. The molecule has 0 aliphatic rings. The molecular formula is C12H15N3O3. The maximum atomic E-state index is 11.5. The number of aromatic nitrogens is 1. The van der Waals surface area contributed by atoms with Crippen molar-refractivity contribution >= 4 is 17.0 Å². The van der Waals surface area contributed by atoms with Crippen molar-refractivity contribution in [3.8, 4) is 0 Å². The molecule has 4 N–H and O–H groups in total. The molecule has 1 aromatic carbocycles. The third-order valence-corrected chi connectivity index (χ3v) is 2.75. The molecule has 6 nitrogen and oxygen atoms in total. The van der Waals surface area contributed by atoms with Gasteiger partial charge in [-0.2, -0.15) is 0 Å². The molecule has 0 saturated heterocycles. The number of benzene rings is 1. The minimum atomic E-state index is -0.483. The molecule has 1 unspecified atom stereocenters. The van der Waals surface area contributed by atoms with Crippen molar-refractivity contribution < 1.29 is 9.21 Å². The van der Waals surface area contributed by atoms with E-state index in [0.717, 1.165) is 5.56 Å². The highest BCUT2D eigenvalue weighted by Gasteiger charge is 2.10. The molecule has 0 aliphatic heterocycles. The number of nitrogens with two attached hydrogens (primary N) is 1. The summed E-state index contributed by atoms with van der Waals surface area (Å²) in [7, 11) is 0. The standard InChI is InChI=1S/C12H15N3O3/c1-7(5-13)11(16)14-6-8-2-3-10-9(4-8)15-12(17)18-10/h2-4,7H,5-6,13H2,1H3,(H,14,16)(H,15,17). The Morgan fingerprint density at radius 1 is 1.56 bits per heavy atom. The molecule has 0 fully saturated rings. The van der Waals surface area contributed by atoms with Crippen molar-refractivity contribution in [3.05, 3.63) is 34.3 Å². The summed E-state index contributed by atoms with van der Waals surface area (Å²) in [6.07, 6.45) is 0. The van der Waals surface area contributed by atoms with E-state index in [1.807, 2.05) is 0 Å². The van der Waals surface area contributed by atoms with E-state index in [4.69, 9.17) is 10.2 Å². The molecule has 0 spiro atoms. The first-order chi connectivity index (χ1) is 8.60. The van der Waals surface area contributed by atoms with Gasteiger partial charge in [0.25, 0.3) is 0 Å². The summed E-state index contributed by atoms with van der Waals surface area (Å²) >= 11 is 0. The molecule has 1 heterocycles. The van der Waals surface area contributed by atoms with Crippen molar-refractivity contribution in [1.29, 1.82) is 0 Å². The predicted molar refractivity (Wildman–Crippen MR) is 66.9 cm³/mol. The fraction of sp³-hybridized carbons (Fsp3) is 0.333. The van der Waals surface area contributed by atoms with E-state index >= 15 is 0 Å².